The van der Waals surface area contributed by atoms with Gasteiger partial charge in [0.25, 0.3) is 0 Å². The summed E-state index contributed by atoms with van der Waals surface area (Å²) in [5, 5.41) is 6.60. The third kappa shape index (κ3) is 2.66. The summed E-state index contributed by atoms with van der Waals surface area (Å²) in [6.07, 6.45) is 3.28. The Morgan fingerprint density at radius 1 is 1.26 bits per heavy atom. The topological polar surface area (TPSA) is 59.1 Å². The molecule has 2 heterocycles. The van der Waals surface area contributed by atoms with E-state index in [4.69, 9.17) is 4.74 Å². The SMILES string of the molecule is COc1cncc(NCc2ccc3c(c2)CNC3)n1. The van der Waals surface area contributed by atoms with Crippen molar-refractivity contribution in [2.24, 2.45) is 0 Å². The molecule has 0 radical (unpaired) electrons. The van der Waals surface area contributed by atoms with Crippen LogP contribution >= 0.6 is 0 Å². The van der Waals surface area contributed by atoms with Gasteiger partial charge in [0.2, 0.25) is 5.88 Å². The second kappa shape index (κ2) is 5.24. The van der Waals surface area contributed by atoms with Crippen molar-refractivity contribution in [3.8, 4) is 5.88 Å². The first-order valence-corrected chi connectivity index (χ1v) is 6.26. The third-order valence-corrected chi connectivity index (χ3v) is 3.20. The number of nitrogens with zero attached hydrogens (tertiary/aromatic N) is 2. The lowest BCUT2D eigenvalue weighted by atomic mass is 10.1. The smallest absolute Gasteiger partial charge is 0.233 e. The van der Waals surface area contributed by atoms with Crippen LogP contribution in [0.4, 0.5) is 5.82 Å². The number of anilines is 1. The van der Waals surface area contributed by atoms with Crippen LogP contribution in [-0.4, -0.2) is 17.1 Å². The lowest BCUT2D eigenvalue weighted by molar-refractivity contribution is 0.396. The Kier molecular flexibility index (Phi) is 3.29. The Bertz CT molecular complexity index is 585. The van der Waals surface area contributed by atoms with Crippen LogP contribution in [0.1, 0.15) is 16.7 Å². The molecule has 0 bridgehead atoms. The van der Waals surface area contributed by atoms with E-state index < -0.39 is 0 Å². The van der Waals surface area contributed by atoms with E-state index in [1.807, 2.05) is 0 Å². The zero-order valence-electron chi connectivity index (χ0n) is 10.8. The van der Waals surface area contributed by atoms with Gasteiger partial charge in [0.05, 0.1) is 19.5 Å². The average Bonchev–Trinajstić information content (AvgIpc) is 2.93. The second-order valence-electron chi connectivity index (χ2n) is 4.51. The fraction of sp³-hybridized carbons (Fsp3) is 0.286. The van der Waals surface area contributed by atoms with Gasteiger partial charge in [-0.1, -0.05) is 18.2 Å². The van der Waals surface area contributed by atoms with Crippen molar-refractivity contribution in [3.63, 3.8) is 0 Å². The number of fused-ring (bicyclic) bond motifs is 1. The van der Waals surface area contributed by atoms with Crippen LogP contribution in [0.2, 0.25) is 0 Å². The molecule has 0 atom stereocenters. The summed E-state index contributed by atoms with van der Waals surface area (Å²) in [6, 6.07) is 6.56. The number of nitrogens with one attached hydrogen (secondary N) is 2. The van der Waals surface area contributed by atoms with Gasteiger partial charge in [-0.2, -0.15) is 4.98 Å². The van der Waals surface area contributed by atoms with Crippen LogP contribution in [0.3, 0.4) is 0 Å². The quantitative estimate of drug-likeness (QED) is 0.872. The molecule has 0 fully saturated rings. The van der Waals surface area contributed by atoms with Crippen LogP contribution in [0.15, 0.2) is 30.6 Å². The molecule has 1 aromatic carbocycles. The van der Waals surface area contributed by atoms with Crippen molar-refractivity contribution in [2.75, 3.05) is 12.4 Å². The number of ether oxygens (including phenoxy) is 1. The fourth-order valence-electron chi connectivity index (χ4n) is 2.18. The van der Waals surface area contributed by atoms with E-state index in [-0.39, 0.29) is 0 Å². The molecule has 1 aliphatic rings. The zero-order chi connectivity index (χ0) is 13.1. The molecule has 0 unspecified atom stereocenters. The largest absolute Gasteiger partial charge is 0.480 e. The number of hydrogen-bond acceptors (Lipinski definition) is 5. The third-order valence-electron chi connectivity index (χ3n) is 3.20. The predicted octanol–water partition coefficient (Wildman–Crippen LogP) is 1.70. The van der Waals surface area contributed by atoms with Crippen molar-refractivity contribution in [1.82, 2.24) is 15.3 Å². The molecule has 1 aromatic heterocycles. The molecule has 0 amide bonds. The van der Waals surface area contributed by atoms with Crippen LogP contribution in [0, 0.1) is 0 Å². The summed E-state index contributed by atoms with van der Waals surface area (Å²) in [5.74, 6) is 1.24. The number of rotatable bonds is 4. The van der Waals surface area contributed by atoms with E-state index in [9.17, 15) is 0 Å². The van der Waals surface area contributed by atoms with Gasteiger partial charge in [-0.15, -0.1) is 0 Å². The summed E-state index contributed by atoms with van der Waals surface area (Å²) in [4.78, 5) is 8.34. The molecule has 0 aliphatic carbocycles. The first-order valence-electron chi connectivity index (χ1n) is 6.26. The highest BCUT2D eigenvalue weighted by Crippen LogP contribution is 2.18. The summed E-state index contributed by atoms with van der Waals surface area (Å²) in [7, 11) is 1.58. The van der Waals surface area contributed by atoms with Crippen LogP contribution in [-0.2, 0) is 19.6 Å². The molecular formula is C14H16N4O. The maximum atomic E-state index is 5.05. The maximum Gasteiger partial charge on any atom is 0.233 e. The molecule has 5 nitrogen and oxygen atoms in total. The molecule has 0 saturated carbocycles. The standard InChI is InChI=1S/C14H16N4O/c1-19-14-9-16-8-13(18-14)17-5-10-2-3-11-6-15-7-12(11)4-10/h2-4,8-9,15H,5-7H2,1H3,(H,17,18). The highest BCUT2D eigenvalue weighted by Gasteiger charge is 2.09. The average molecular weight is 256 g/mol. The van der Waals surface area contributed by atoms with Crippen molar-refractivity contribution in [1.29, 1.82) is 0 Å². The zero-order valence-corrected chi connectivity index (χ0v) is 10.8. The second-order valence-corrected chi connectivity index (χ2v) is 4.51. The van der Waals surface area contributed by atoms with E-state index in [2.05, 4.69) is 38.8 Å². The van der Waals surface area contributed by atoms with Gasteiger partial charge in [0, 0.05) is 19.6 Å². The summed E-state index contributed by atoms with van der Waals surface area (Å²) in [5.41, 5.74) is 4.02. The van der Waals surface area contributed by atoms with Gasteiger partial charge < -0.3 is 15.4 Å². The molecule has 1 aliphatic heterocycles. The first kappa shape index (κ1) is 11.9. The number of aromatic nitrogens is 2. The van der Waals surface area contributed by atoms with Gasteiger partial charge >= 0.3 is 0 Å². The van der Waals surface area contributed by atoms with Crippen molar-refractivity contribution < 1.29 is 4.74 Å². The maximum absolute atomic E-state index is 5.05. The minimum absolute atomic E-state index is 0.517. The molecule has 0 spiro atoms. The molecule has 2 aromatic rings. The van der Waals surface area contributed by atoms with Gasteiger partial charge in [-0.3, -0.25) is 4.98 Å². The molecule has 0 saturated heterocycles. The molecular weight excluding hydrogens is 240 g/mol. The Labute approximate surface area is 112 Å². The normalized spacial score (nSPS) is 13.1. The molecule has 2 N–H and O–H groups in total. The Morgan fingerprint density at radius 2 is 2.16 bits per heavy atom. The van der Waals surface area contributed by atoms with Gasteiger partial charge in [0.15, 0.2) is 0 Å². The lowest BCUT2D eigenvalue weighted by Crippen LogP contribution is -2.03. The van der Waals surface area contributed by atoms with Crippen molar-refractivity contribution >= 4 is 5.82 Å². The van der Waals surface area contributed by atoms with Crippen LogP contribution < -0.4 is 15.4 Å². The lowest BCUT2D eigenvalue weighted by Gasteiger charge is -2.08. The summed E-state index contributed by atoms with van der Waals surface area (Å²) in [6.45, 7) is 2.67. The van der Waals surface area contributed by atoms with Gasteiger partial charge in [-0.05, 0) is 16.7 Å². The minimum Gasteiger partial charge on any atom is -0.480 e. The van der Waals surface area contributed by atoms with Crippen molar-refractivity contribution in [3.05, 3.63) is 47.3 Å². The first-order chi connectivity index (χ1) is 9.35. The molecule has 98 valence electrons. The summed E-state index contributed by atoms with van der Waals surface area (Å²) >= 11 is 0. The highest BCUT2D eigenvalue weighted by atomic mass is 16.5. The van der Waals surface area contributed by atoms with Crippen LogP contribution in [0.5, 0.6) is 5.88 Å². The highest BCUT2D eigenvalue weighted by molar-refractivity contribution is 5.38. The van der Waals surface area contributed by atoms with E-state index in [1.54, 1.807) is 19.5 Å². The Balaban J connectivity index is 1.68. The predicted molar refractivity (Wildman–Crippen MR) is 72.9 cm³/mol. The van der Waals surface area contributed by atoms with E-state index in [0.717, 1.165) is 25.5 Å². The van der Waals surface area contributed by atoms with Crippen molar-refractivity contribution in [2.45, 2.75) is 19.6 Å². The summed E-state index contributed by atoms with van der Waals surface area (Å²) < 4.78 is 5.05. The fourth-order valence-corrected chi connectivity index (χ4v) is 2.18. The van der Waals surface area contributed by atoms with Crippen LogP contribution in [0.25, 0.3) is 0 Å². The van der Waals surface area contributed by atoms with E-state index in [1.165, 1.54) is 16.7 Å². The molecule has 19 heavy (non-hydrogen) atoms. The Hall–Kier alpha value is -2.14. The Morgan fingerprint density at radius 3 is 3.05 bits per heavy atom. The number of benzene rings is 1. The molecule has 3 rings (SSSR count). The van der Waals surface area contributed by atoms with Gasteiger partial charge in [0.1, 0.15) is 5.82 Å². The van der Waals surface area contributed by atoms with Gasteiger partial charge in [-0.25, -0.2) is 0 Å². The van der Waals surface area contributed by atoms with E-state index >= 15 is 0 Å². The minimum atomic E-state index is 0.517. The number of methoxy groups -OCH3 is 1. The number of hydrogen-bond donors (Lipinski definition) is 2. The monoisotopic (exact) mass is 256 g/mol. The molecule has 5 heteroatoms. The van der Waals surface area contributed by atoms with E-state index in [0.29, 0.717) is 5.88 Å².